The number of nitrogens with zero attached hydrogens (tertiary/aromatic N) is 2. The third-order valence-electron chi connectivity index (χ3n) is 1.81. The molecule has 0 N–H and O–H groups in total. The Morgan fingerprint density at radius 2 is 2.38 bits per heavy atom. The molecule has 2 aromatic heterocycles. The number of halogens is 1. The monoisotopic (exact) mass is 238 g/mol. The molecule has 3 nitrogen and oxygen atoms in total. The number of ketones is 1. The summed E-state index contributed by atoms with van der Waals surface area (Å²) in [4.78, 5) is 15.1. The van der Waals surface area contributed by atoms with Crippen molar-refractivity contribution in [2.24, 2.45) is 0 Å². The molecule has 0 saturated heterocycles. The predicted octanol–water partition coefficient (Wildman–Crippen LogP) is 2.30. The Morgan fingerprint density at radius 3 is 3.08 bits per heavy atom. The van der Waals surface area contributed by atoms with E-state index in [1.54, 1.807) is 10.6 Å². The zero-order valence-corrected chi connectivity index (χ0v) is 8.58. The van der Waals surface area contributed by atoms with Crippen LogP contribution < -0.4 is 0 Å². The first-order chi connectivity index (χ1) is 6.18. The van der Waals surface area contributed by atoms with Crippen molar-refractivity contribution in [3.05, 3.63) is 34.8 Å². The maximum atomic E-state index is 11.1. The molecule has 2 rings (SSSR count). The molecule has 0 bridgehead atoms. The van der Waals surface area contributed by atoms with Crippen LogP contribution in [0.15, 0.2) is 29.0 Å². The number of hydrogen-bond acceptors (Lipinski definition) is 2. The molecule has 0 aliphatic carbocycles. The molecule has 0 fully saturated rings. The van der Waals surface area contributed by atoms with Gasteiger partial charge in [-0.05, 0) is 12.1 Å². The first-order valence-electron chi connectivity index (χ1n) is 3.82. The van der Waals surface area contributed by atoms with Gasteiger partial charge in [0.15, 0.2) is 11.6 Å². The second kappa shape index (κ2) is 2.96. The van der Waals surface area contributed by atoms with Crippen molar-refractivity contribution in [2.75, 3.05) is 0 Å². The van der Waals surface area contributed by atoms with Gasteiger partial charge in [-0.15, -0.1) is 0 Å². The molecule has 0 spiro atoms. The summed E-state index contributed by atoms with van der Waals surface area (Å²) in [6.45, 7) is 1.51. The fraction of sp³-hybridized carbons (Fsp3) is 0.111. The molecule has 0 unspecified atom stereocenters. The molecular formula is C9H7BrN2O. The molecule has 0 radical (unpaired) electrons. The average molecular weight is 239 g/mol. The number of aromatic nitrogens is 2. The Morgan fingerprint density at radius 1 is 1.62 bits per heavy atom. The summed E-state index contributed by atoms with van der Waals surface area (Å²) in [7, 11) is 0. The van der Waals surface area contributed by atoms with E-state index in [-0.39, 0.29) is 5.78 Å². The van der Waals surface area contributed by atoms with Gasteiger partial charge in [-0.1, -0.05) is 15.9 Å². The summed E-state index contributed by atoms with van der Waals surface area (Å²) in [5, 5.41) is 0. The van der Waals surface area contributed by atoms with Gasteiger partial charge in [-0.2, -0.15) is 0 Å². The zero-order chi connectivity index (χ0) is 9.42. The van der Waals surface area contributed by atoms with Gasteiger partial charge < -0.3 is 0 Å². The SMILES string of the molecule is CC(=O)c1ncc2cc(Br)ccn12. The number of fused-ring (bicyclic) bond motifs is 1. The van der Waals surface area contributed by atoms with Crippen LogP contribution in [0.3, 0.4) is 0 Å². The molecule has 13 heavy (non-hydrogen) atoms. The number of pyridine rings is 1. The lowest BCUT2D eigenvalue weighted by Gasteiger charge is -1.96. The number of carbonyl (C=O) groups excluding carboxylic acids is 1. The topological polar surface area (TPSA) is 34.4 Å². The summed E-state index contributed by atoms with van der Waals surface area (Å²) in [6, 6.07) is 3.79. The van der Waals surface area contributed by atoms with Gasteiger partial charge in [0.25, 0.3) is 0 Å². The third kappa shape index (κ3) is 1.37. The normalized spacial score (nSPS) is 10.6. The highest BCUT2D eigenvalue weighted by molar-refractivity contribution is 9.10. The molecule has 0 aliphatic rings. The Balaban J connectivity index is 2.76. The van der Waals surface area contributed by atoms with Crippen LogP contribution in [-0.4, -0.2) is 15.2 Å². The first-order valence-corrected chi connectivity index (χ1v) is 4.61. The lowest BCUT2D eigenvalue weighted by molar-refractivity contribution is 0.100. The summed E-state index contributed by atoms with van der Waals surface area (Å²) in [6.07, 6.45) is 3.50. The van der Waals surface area contributed by atoms with E-state index in [4.69, 9.17) is 0 Å². The van der Waals surface area contributed by atoms with Crippen molar-refractivity contribution in [1.82, 2.24) is 9.38 Å². The predicted molar refractivity (Wildman–Crippen MR) is 52.9 cm³/mol. The number of carbonyl (C=O) groups is 1. The van der Waals surface area contributed by atoms with Crippen molar-refractivity contribution < 1.29 is 4.79 Å². The van der Waals surface area contributed by atoms with Gasteiger partial charge >= 0.3 is 0 Å². The molecule has 2 heterocycles. The summed E-state index contributed by atoms with van der Waals surface area (Å²) >= 11 is 3.35. The fourth-order valence-electron chi connectivity index (χ4n) is 1.23. The van der Waals surface area contributed by atoms with Gasteiger partial charge in [-0.25, -0.2) is 4.98 Å². The average Bonchev–Trinajstić information content (AvgIpc) is 2.46. The third-order valence-corrected chi connectivity index (χ3v) is 2.30. The van der Waals surface area contributed by atoms with Crippen LogP contribution in [-0.2, 0) is 0 Å². The Labute approximate surface area is 83.5 Å². The molecule has 66 valence electrons. The molecule has 2 aromatic rings. The second-order valence-electron chi connectivity index (χ2n) is 2.78. The van der Waals surface area contributed by atoms with Gasteiger partial charge in [0, 0.05) is 17.6 Å². The highest BCUT2D eigenvalue weighted by Crippen LogP contribution is 2.14. The van der Waals surface area contributed by atoms with Crippen LogP contribution in [0.5, 0.6) is 0 Å². The highest BCUT2D eigenvalue weighted by atomic mass is 79.9. The molecular weight excluding hydrogens is 232 g/mol. The molecule has 0 aromatic carbocycles. The van der Waals surface area contributed by atoms with Crippen LogP contribution in [0.4, 0.5) is 0 Å². The molecule has 0 aliphatic heterocycles. The van der Waals surface area contributed by atoms with Crippen molar-refractivity contribution >= 4 is 27.2 Å². The summed E-state index contributed by atoms with van der Waals surface area (Å²) in [5.41, 5.74) is 0.916. The largest absolute Gasteiger partial charge is 0.297 e. The second-order valence-corrected chi connectivity index (χ2v) is 3.69. The highest BCUT2D eigenvalue weighted by Gasteiger charge is 2.06. The minimum absolute atomic E-state index is 0.0256. The number of imidazole rings is 1. The maximum absolute atomic E-state index is 11.1. The fourth-order valence-corrected chi connectivity index (χ4v) is 1.59. The Bertz CT molecular complexity index is 475. The van der Waals surface area contributed by atoms with Crippen LogP contribution in [0.2, 0.25) is 0 Å². The van der Waals surface area contributed by atoms with E-state index in [1.165, 1.54) is 6.92 Å². The Kier molecular flexibility index (Phi) is 1.92. The minimum atomic E-state index is -0.0256. The summed E-state index contributed by atoms with van der Waals surface area (Å²) < 4.78 is 2.75. The van der Waals surface area contributed by atoms with Crippen molar-refractivity contribution in [3.63, 3.8) is 0 Å². The number of hydrogen-bond donors (Lipinski definition) is 0. The van der Waals surface area contributed by atoms with Crippen LogP contribution >= 0.6 is 15.9 Å². The quantitative estimate of drug-likeness (QED) is 0.715. The first kappa shape index (κ1) is 8.44. The van der Waals surface area contributed by atoms with Crippen molar-refractivity contribution in [3.8, 4) is 0 Å². The molecule has 0 atom stereocenters. The number of rotatable bonds is 1. The van der Waals surface area contributed by atoms with Crippen LogP contribution in [0.1, 0.15) is 17.5 Å². The Hall–Kier alpha value is -1.16. The number of Topliss-reactive ketones (excluding diaryl/α,β-unsaturated/α-hetero) is 1. The van der Waals surface area contributed by atoms with Gasteiger partial charge in [0.05, 0.1) is 11.7 Å². The lowest BCUT2D eigenvalue weighted by atomic mass is 10.4. The van der Waals surface area contributed by atoms with E-state index in [1.807, 2.05) is 18.3 Å². The van der Waals surface area contributed by atoms with E-state index in [9.17, 15) is 4.79 Å². The molecule has 4 heteroatoms. The van der Waals surface area contributed by atoms with E-state index in [0.717, 1.165) is 9.99 Å². The maximum Gasteiger partial charge on any atom is 0.195 e. The van der Waals surface area contributed by atoms with E-state index >= 15 is 0 Å². The molecule has 0 saturated carbocycles. The van der Waals surface area contributed by atoms with Crippen LogP contribution in [0.25, 0.3) is 5.52 Å². The minimum Gasteiger partial charge on any atom is -0.297 e. The lowest BCUT2D eigenvalue weighted by Crippen LogP contribution is -1.99. The zero-order valence-electron chi connectivity index (χ0n) is 6.99. The van der Waals surface area contributed by atoms with Gasteiger partial charge in [0.1, 0.15) is 0 Å². The smallest absolute Gasteiger partial charge is 0.195 e. The molecule has 0 amide bonds. The van der Waals surface area contributed by atoms with Crippen LogP contribution in [0, 0.1) is 0 Å². The van der Waals surface area contributed by atoms with E-state index in [2.05, 4.69) is 20.9 Å². The van der Waals surface area contributed by atoms with E-state index < -0.39 is 0 Å². The van der Waals surface area contributed by atoms with Crippen molar-refractivity contribution in [2.45, 2.75) is 6.92 Å². The van der Waals surface area contributed by atoms with Gasteiger partial charge in [0.2, 0.25) is 0 Å². The van der Waals surface area contributed by atoms with E-state index in [0.29, 0.717) is 5.82 Å². The summed E-state index contributed by atoms with van der Waals surface area (Å²) in [5.74, 6) is 0.449. The standard InChI is InChI=1S/C9H7BrN2O/c1-6(13)9-11-5-8-4-7(10)2-3-12(8)9/h2-5H,1H3. The van der Waals surface area contributed by atoms with Gasteiger partial charge in [-0.3, -0.25) is 9.20 Å². The van der Waals surface area contributed by atoms with Crippen molar-refractivity contribution in [1.29, 1.82) is 0 Å².